The monoisotopic (exact) mass is 387 g/mol. The van der Waals surface area contributed by atoms with E-state index in [9.17, 15) is 0 Å². The molecule has 0 fully saturated rings. The third-order valence-corrected chi connectivity index (χ3v) is 2.29. The maximum Gasteiger partial charge on any atom is 0.0437 e. The van der Waals surface area contributed by atoms with Gasteiger partial charge in [-0.3, -0.25) is 0 Å². The summed E-state index contributed by atoms with van der Waals surface area (Å²) in [6, 6.07) is 0. The number of hydrogen-bond acceptors (Lipinski definition) is 1. The van der Waals surface area contributed by atoms with Crippen molar-refractivity contribution in [3.8, 4) is 0 Å². The minimum absolute atomic E-state index is 0. The van der Waals surface area contributed by atoms with Crippen molar-refractivity contribution in [1.29, 1.82) is 0 Å². The summed E-state index contributed by atoms with van der Waals surface area (Å²) in [4.78, 5) is 0. The predicted molar refractivity (Wildman–Crippen MR) is 97.0 cm³/mol. The van der Waals surface area contributed by atoms with Crippen LogP contribution in [-0.2, 0) is 0 Å². The van der Waals surface area contributed by atoms with Gasteiger partial charge in [-0.25, -0.2) is 0 Å². The summed E-state index contributed by atoms with van der Waals surface area (Å²) in [7, 11) is 0. The Balaban J connectivity index is -0.0000000881. The van der Waals surface area contributed by atoms with Crippen LogP contribution in [0.1, 0.15) is 87.0 Å². The van der Waals surface area contributed by atoms with E-state index in [0.29, 0.717) is 0 Å². The molecule has 4 radical (unpaired) electrons. The molecule has 0 aromatic carbocycles. The smallest absolute Gasteiger partial charge is 0.0437 e. The minimum atomic E-state index is 0. The van der Waals surface area contributed by atoms with Gasteiger partial charge >= 0.3 is 0 Å². The van der Waals surface area contributed by atoms with Gasteiger partial charge < -0.3 is 5.32 Å². The average molecular weight is 386 g/mol. The van der Waals surface area contributed by atoms with Crippen molar-refractivity contribution in [3.05, 3.63) is 29.8 Å². The van der Waals surface area contributed by atoms with Gasteiger partial charge in [0.2, 0.25) is 0 Å². The van der Waals surface area contributed by atoms with Crippen molar-refractivity contribution in [2.75, 3.05) is 0 Å². The van der Waals surface area contributed by atoms with Crippen LogP contribution in [0.5, 0.6) is 0 Å². The summed E-state index contributed by atoms with van der Waals surface area (Å²) in [6.07, 6.45) is 13.5. The van der Waals surface area contributed by atoms with Gasteiger partial charge in [0.05, 0.1) is 0 Å². The van der Waals surface area contributed by atoms with E-state index in [1.165, 1.54) is 44.1 Å². The number of rotatable bonds is 3. The molecule has 0 aliphatic carbocycles. The maximum absolute atomic E-state index is 2.91. The van der Waals surface area contributed by atoms with Crippen LogP contribution in [0, 0.1) is 0 Å². The van der Waals surface area contributed by atoms with E-state index in [4.69, 9.17) is 0 Å². The number of unbranched alkanes of at least 4 members (excludes halogenated alkanes) is 3. The minimum Gasteiger partial charge on any atom is -0.361 e. The summed E-state index contributed by atoms with van der Waals surface area (Å²) in [5.74, 6) is 0. The van der Waals surface area contributed by atoms with Gasteiger partial charge in [-0.2, -0.15) is 0 Å². The summed E-state index contributed by atoms with van der Waals surface area (Å²) in [5, 5.41) is 2.91. The van der Waals surface area contributed by atoms with Gasteiger partial charge in [-0.05, 0) is 18.6 Å². The van der Waals surface area contributed by atoms with Crippen molar-refractivity contribution in [1.82, 2.24) is 5.32 Å². The maximum atomic E-state index is 2.91. The van der Waals surface area contributed by atoms with Gasteiger partial charge in [-0.15, -0.1) is 5.73 Å². The molecule has 0 aromatic heterocycles. The van der Waals surface area contributed by atoms with E-state index in [1.807, 2.05) is 19.2 Å². The molecule has 0 unspecified atom stereocenters. The van der Waals surface area contributed by atoms with Crippen LogP contribution in [0.4, 0.5) is 0 Å². The summed E-state index contributed by atoms with van der Waals surface area (Å²) in [5.41, 5.74) is 4.12. The zero-order chi connectivity index (χ0) is 15.4. The first-order valence-corrected chi connectivity index (χ1v) is 7.97. The molecule has 0 saturated heterocycles. The van der Waals surface area contributed by atoms with E-state index in [2.05, 4.69) is 52.6 Å². The first-order chi connectivity index (χ1) is 9.14. The molecular formula is C18H37NSn. The van der Waals surface area contributed by atoms with Gasteiger partial charge in [0.25, 0.3) is 0 Å². The molecule has 0 saturated carbocycles. The zero-order valence-electron chi connectivity index (χ0n) is 15.0. The molecular weight excluding hydrogens is 349 g/mol. The molecule has 20 heavy (non-hydrogen) atoms. The molecule has 1 nitrogen and oxygen atoms in total. The molecule has 1 aliphatic rings. The van der Waals surface area contributed by atoms with Crippen LogP contribution in [0.3, 0.4) is 0 Å². The second-order valence-corrected chi connectivity index (χ2v) is 4.51. The second kappa shape index (κ2) is 31.3. The Hall–Kier alpha value is -0.141. The first kappa shape index (κ1) is 28.1. The topological polar surface area (TPSA) is 12.0 Å². The Morgan fingerprint density at radius 3 is 1.25 bits per heavy atom. The second-order valence-electron chi connectivity index (χ2n) is 4.51. The van der Waals surface area contributed by atoms with Crippen molar-refractivity contribution < 1.29 is 0 Å². The van der Waals surface area contributed by atoms with Crippen LogP contribution in [0.15, 0.2) is 29.8 Å². The Morgan fingerprint density at radius 2 is 1.15 bits per heavy atom. The van der Waals surface area contributed by atoms with Crippen molar-refractivity contribution in [2.24, 2.45) is 0 Å². The largest absolute Gasteiger partial charge is 0.361 e. The third kappa shape index (κ3) is 43.0. The fourth-order valence-corrected chi connectivity index (χ4v) is 0.436. The predicted octanol–water partition coefficient (Wildman–Crippen LogP) is 6.20. The van der Waals surface area contributed by atoms with Crippen LogP contribution in [-0.4, -0.2) is 23.9 Å². The van der Waals surface area contributed by atoms with Crippen LogP contribution in [0.2, 0.25) is 0 Å². The molecule has 0 atom stereocenters. The molecule has 0 aromatic rings. The first-order valence-electron chi connectivity index (χ1n) is 7.97. The van der Waals surface area contributed by atoms with Crippen LogP contribution < -0.4 is 5.32 Å². The van der Waals surface area contributed by atoms with Crippen LogP contribution >= 0.6 is 0 Å². The molecule has 0 amide bonds. The summed E-state index contributed by atoms with van der Waals surface area (Å²) in [6.45, 7) is 15.1. The zero-order valence-corrected chi connectivity index (χ0v) is 17.8. The van der Waals surface area contributed by atoms with E-state index >= 15 is 0 Å². The van der Waals surface area contributed by atoms with Crippen LogP contribution in [0.25, 0.3) is 0 Å². The fraction of sp³-hybridized carbons (Fsp3) is 0.722. The molecule has 0 spiro atoms. The molecule has 1 N–H and O–H groups in total. The van der Waals surface area contributed by atoms with Gasteiger partial charge in [-0.1, -0.05) is 80.1 Å². The Morgan fingerprint density at radius 1 is 0.800 bits per heavy atom. The van der Waals surface area contributed by atoms with Gasteiger partial charge in [0.1, 0.15) is 0 Å². The van der Waals surface area contributed by atoms with Crippen molar-refractivity contribution >= 4 is 23.9 Å². The molecule has 118 valence electrons. The number of nitrogens with one attached hydrogen (secondary N) is 1. The van der Waals surface area contributed by atoms with Crippen molar-refractivity contribution in [2.45, 2.75) is 87.0 Å². The average Bonchev–Trinajstić information content (AvgIpc) is 2.48. The SMILES string of the molecule is CC1=CNC=C=C1.CCCC.CCCC.CCCC.[Sn]. The van der Waals surface area contributed by atoms with E-state index in [0.717, 1.165) is 0 Å². The van der Waals surface area contributed by atoms with E-state index in [-0.39, 0.29) is 23.9 Å². The fourth-order valence-electron chi connectivity index (χ4n) is 0.436. The number of allylic oxidation sites excluding steroid dienone is 2. The van der Waals surface area contributed by atoms with E-state index in [1.54, 1.807) is 6.20 Å². The van der Waals surface area contributed by atoms with Crippen molar-refractivity contribution in [3.63, 3.8) is 0 Å². The molecule has 2 heteroatoms. The molecule has 1 heterocycles. The Bertz CT molecular complexity index is 210. The quantitative estimate of drug-likeness (QED) is 0.450. The molecule has 1 aliphatic heterocycles. The normalized spacial score (nSPS) is 10.1. The van der Waals surface area contributed by atoms with Gasteiger partial charge in [0.15, 0.2) is 0 Å². The van der Waals surface area contributed by atoms with Gasteiger partial charge in [0, 0.05) is 36.3 Å². The van der Waals surface area contributed by atoms with E-state index < -0.39 is 0 Å². The summed E-state index contributed by atoms with van der Waals surface area (Å²) < 4.78 is 0. The molecule has 0 bridgehead atoms. The Kier molecular flexibility index (Phi) is 44.0. The summed E-state index contributed by atoms with van der Waals surface area (Å²) >= 11 is 0. The standard InChI is InChI=1S/C6H7N.3C4H10.Sn/c1-6-3-2-4-7-5-6;3*1-3-4-2;/h3-5,7H,1H3;3*3-4H2,1-2H3;. The molecule has 1 rings (SSSR count). The third-order valence-electron chi connectivity index (χ3n) is 2.29. The number of hydrogen-bond donors (Lipinski definition) is 1. The Labute approximate surface area is 146 Å².